The highest BCUT2D eigenvalue weighted by molar-refractivity contribution is 5.25. The molecule has 14 fully saturated rings. The van der Waals surface area contributed by atoms with Gasteiger partial charge in [-0.15, -0.1) is 0 Å². The minimum Gasteiger partial charge on any atom is -0.310 e. The fourth-order valence-electron chi connectivity index (χ4n) is 26.7. The number of nitrogens with zero attached hydrogens (tertiary/aromatic N) is 1. The Labute approximate surface area is 381 Å². The molecule has 12 saturated carbocycles. The minimum atomic E-state index is 0.717. The van der Waals surface area contributed by atoms with E-state index >= 15 is 0 Å². The second-order valence-corrected chi connectivity index (χ2v) is 27.9. The summed E-state index contributed by atoms with van der Waals surface area (Å²) >= 11 is 0. The number of hydrogen-bond donors (Lipinski definition) is 1. The second kappa shape index (κ2) is 15.5. The SMILES string of the molecule is CCC1C(CC2CCC3C(C2)C(C)CCC2C(C4CCCCC4C24C2CCCCC2C2CCCCC24)N3C)NC2C1CCC1C2C2CCCCC2C12C1CCCC1C1CCCC12. The first-order valence-corrected chi connectivity index (χ1v) is 30.0. The zero-order chi connectivity index (χ0) is 41.1. The van der Waals surface area contributed by atoms with Gasteiger partial charge in [0.05, 0.1) is 0 Å². The molecule has 24 atom stereocenters. The van der Waals surface area contributed by atoms with Gasteiger partial charge in [0.25, 0.3) is 0 Å². The van der Waals surface area contributed by atoms with Crippen molar-refractivity contribution < 1.29 is 0 Å². The van der Waals surface area contributed by atoms with Gasteiger partial charge >= 0.3 is 0 Å². The van der Waals surface area contributed by atoms with Crippen molar-refractivity contribution in [1.82, 2.24) is 10.2 Å². The molecule has 62 heavy (non-hydrogen) atoms. The summed E-state index contributed by atoms with van der Waals surface area (Å²) in [5, 5.41) is 4.81. The standard InChI is InChI=1S/C60H96N2/c1-4-37-42-29-31-52-56(43-17-7-11-23-50(43)59(52)48-25-13-19-40(48)41-20-14-26-49(41)59)57(42)61-54(37)34-36-28-32-55-45(33-36)35(2)27-30-53-58(62(55)3)44-18-8-12-24-51(44)60(53)46-21-9-5-15-38(46)39-16-6-10-22-47(39)60/h35-58,61H,4-34H2,1-3H3. The Bertz CT molecular complexity index is 1610. The smallest absolute Gasteiger partial charge is 0.0160 e. The zero-order valence-corrected chi connectivity index (χ0v) is 40.7. The summed E-state index contributed by atoms with van der Waals surface area (Å²) in [5.74, 6) is 21.1. The summed E-state index contributed by atoms with van der Waals surface area (Å²) < 4.78 is 0. The summed E-state index contributed by atoms with van der Waals surface area (Å²) in [7, 11) is 2.77. The maximum absolute atomic E-state index is 4.81. The van der Waals surface area contributed by atoms with Crippen LogP contribution in [0.25, 0.3) is 0 Å². The molecule has 0 aromatic carbocycles. The molecule has 0 radical (unpaired) electrons. The van der Waals surface area contributed by atoms with Gasteiger partial charge in [0.1, 0.15) is 0 Å². The molecular weight excluding hydrogens is 749 g/mol. The van der Waals surface area contributed by atoms with Crippen LogP contribution in [0, 0.1) is 129 Å². The van der Waals surface area contributed by atoms with Crippen molar-refractivity contribution in [2.24, 2.45) is 129 Å². The van der Waals surface area contributed by atoms with Gasteiger partial charge < -0.3 is 5.32 Å². The van der Waals surface area contributed by atoms with Crippen LogP contribution in [0.3, 0.4) is 0 Å². The largest absolute Gasteiger partial charge is 0.310 e. The Kier molecular flexibility index (Phi) is 10.2. The van der Waals surface area contributed by atoms with Gasteiger partial charge in [0, 0.05) is 24.2 Å². The van der Waals surface area contributed by atoms with Crippen LogP contribution in [0.2, 0.25) is 0 Å². The molecule has 2 nitrogen and oxygen atoms in total. The molecule has 2 aliphatic heterocycles. The van der Waals surface area contributed by atoms with Crippen molar-refractivity contribution in [3.05, 3.63) is 0 Å². The molecule has 346 valence electrons. The van der Waals surface area contributed by atoms with Gasteiger partial charge in [0.15, 0.2) is 0 Å². The van der Waals surface area contributed by atoms with Crippen LogP contribution in [0.15, 0.2) is 0 Å². The van der Waals surface area contributed by atoms with Crippen molar-refractivity contribution in [2.75, 3.05) is 7.05 Å². The molecule has 0 aromatic rings. The zero-order valence-electron chi connectivity index (χ0n) is 40.7. The first-order chi connectivity index (χ1) is 30.5. The Hall–Kier alpha value is -0.0800. The summed E-state index contributed by atoms with van der Waals surface area (Å²) in [6.45, 7) is 5.45. The molecule has 2 saturated heterocycles. The molecule has 2 heterocycles. The molecule has 14 aliphatic rings. The van der Waals surface area contributed by atoms with E-state index in [2.05, 4.69) is 25.8 Å². The van der Waals surface area contributed by atoms with Gasteiger partial charge in [0.2, 0.25) is 0 Å². The fourth-order valence-corrected chi connectivity index (χ4v) is 26.7. The lowest BCUT2D eigenvalue weighted by Crippen LogP contribution is -2.55. The lowest BCUT2D eigenvalue weighted by atomic mass is 9.53. The predicted octanol–water partition coefficient (Wildman–Crippen LogP) is 14.6. The van der Waals surface area contributed by atoms with Crippen LogP contribution in [-0.2, 0) is 0 Å². The molecule has 24 unspecified atom stereocenters. The van der Waals surface area contributed by atoms with Gasteiger partial charge in [-0.05, 0) is 258 Å². The van der Waals surface area contributed by atoms with Crippen LogP contribution in [0.4, 0.5) is 0 Å². The van der Waals surface area contributed by atoms with E-state index in [0.29, 0.717) is 0 Å². The Morgan fingerprint density at radius 1 is 0.452 bits per heavy atom. The molecule has 14 rings (SSSR count). The van der Waals surface area contributed by atoms with E-state index in [-0.39, 0.29) is 0 Å². The molecule has 0 aromatic heterocycles. The van der Waals surface area contributed by atoms with Gasteiger partial charge in [-0.1, -0.05) is 90.9 Å². The Balaban J connectivity index is 0.724. The molecule has 2 spiro atoms. The molecule has 0 bridgehead atoms. The second-order valence-electron chi connectivity index (χ2n) is 27.9. The first kappa shape index (κ1) is 40.9. The van der Waals surface area contributed by atoms with Crippen LogP contribution in [0.1, 0.15) is 213 Å². The summed E-state index contributed by atoms with van der Waals surface area (Å²) in [6.07, 6.45) is 49.1. The Morgan fingerprint density at radius 3 is 1.58 bits per heavy atom. The van der Waals surface area contributed by atoms with Gasteiger partial charge in [-0.2, -0.15) is 0 Å². The van der Waals surface area contributed by atoms with Crippen LogP contribution >= 0.6 is 0 Å². The normalized spacial score (nSPS) is 61.0. The maximum atomic E-state index is 4.81. The molecule has 12 aliphatic carbocycles. The van der Waals surface area contributed by atoms with E-state index in [0.717, 1.165) is 153 Å². The first-order valence-electron chi connectivity index (χ1n) is 30.0. The van der Waals surface area contributed by atoms with E-state index in [1.54, 1.807) is 180 Å². The third kappa shape index (κ3) is 5.36. The van der Waals surface area contributed by atoms with Crippen LogP contribution in [0.5, 0.6) is 0 Å². The van der Waals surface area contributed by atoms with Crippen LogP contribution < -0.4 is 5.32 Å². The number of likely N-dealkylation sites (tertiary alicyclic amines) is 1. The van der Waals surface area contributed by atoms with E-state index in [1.807, 2.05) is 0 Å². The molecule has 1 N–H and O–H groups in total. The number of rotatable bonds is 3. The fraction of sp³-hybridized carbons (Fsp3) is 1.00. The van der Waals surface area contributed by atoms with Gasteiger partial charge in [-0.3, -0.25) is 4.90 Å². The van der Waals surface area contributed by atoms with E-state index < -0.39 is 0 Å². The average Bonchev–Trinajstić information content (AvgIpc) is 4.18. The predicted molar refractivity (Wildman–Crippen MR) is 255 cm³/mol. The van der Waals surface area contributed by atoms with Crippen molar-refractivity contribution >= 4 is 0 Å². The highest BCUT2D eigenvalue weighted by Gasteiger charge is 2.75. The van der Waals surface area contributed by atoms with E-state index in [4.69, 9.17) is 5.32 Å². The monoisotopic (exact) mass is 845 g/mol. The minimum absolute atomic E-state index is 0.717. The highest BCUT2D eigenvalue weighted by atomic mass is 15.2. The van der Waals surface area contributed by atoms with Crippen molar-refractivity contribution in [3.63, 3.8) is 0 Å². The Morgan fingerprint density at radius 2 is 0.952 bits per heavy atom. The number of hydrogen-bond acceptors (Lipinski definition) is 2. The molecule has 0 amide bonds. The van der Waals surface area contributed by atoms with E-state index in [1.165, 1.54) is 19.3 Å². The summed E-state index contributed by atoms with van der Waals surface area (Å²) in [6, 6.07) is 3.46. The van der Waals surface area contributed by atoms with Crippen LogP contribution in [-0.4, -0.2) is 36.1 Å². The summed E-state index contributed by atoms with van der Waals surface area (Å²) in [5.41, 5.74) is 1.49. The third-order valence-corrected chi connectivity index (χ3v) is 27.3. The number of nitrogens with one attached hydrogen (secondary N) is 1. The van der Waals surface area contributed by atoms with Crippen molar-refractivity contribution in [3.8, 4) is 0 Å². The van der Waals surface area contributed by atoms with Crippen molar-refractivity contribution in [2.45, 2.75) is 237 Å². The van der Waals surface area contributed by atoms with Crippen molar-refractivity contribution in [1.29, 1.82) is 0 Å². The highest BCUT2D eigenvalue weighted by Crippen LogP contribution is 2.80. The topological polar surface area (TPSA) is 15.3 Å². The average molecular weight is 845 g/mol. The lowest BCUT2D eigenvalue weighted by Gasteiger charge is -2.54. The quantitative estimate of drug-likeness (QED) is 0.304. The number of fused-ring (bicyclic) bond motifs is 23. The third-order valence-electron chi connectivity index (χ3n) is 27.3. The molecule has 2 heteroatoms. The molecular formula is C60H96N2. The summed E-state index contributed by atoms with van der Waals surface area (Å²) in [4.78, 5) is 3.27. The lowest BCUT2D eigenvalue weighted by molar-refractivity contribution is -0.0548. The van der Waals surface area contributed by atoms with E-state index in [9.17, 15) is 0 Å². The maximum Gasteiger partial charge on any atom is 0.0160 e. The van der Waals surface area contributed by atoms with Gasteiger partial charge in [-0.25, -0.2) is 0 Å².